The van der Waals surface area contributed by atoms with Crippen LogP contribution in [0.3, 0.4) is 0 Å². The molecule has 23 heavy (non-hydrogen) atoms. The van der Waals surface area contributed by atoms with Crippen LogP contribution in [0.15, 0.2) is 24.3 Å². The highest BCUT2D eigenvalue weighted by Gasteiger charge is 2.35. The lowest BCUT2D eigenvalue weighted by Crippen LogP contribution is -2.31. The maximum atomic E-state index is 12.4. The fourth-order valence-corrected chi connectivity index (χ4v) is 3.59. The predicted octanol–water partition coefficient (Wildman–Crippen LogP) is 1.79. The van der Waals surface area contributed by atoms with Gasteiger partial charge in [0, 0.05) is 5.69 Å². The molecule has 0 saturated carbocycles. The third-order valence-corrected chi connectivity index (χ3v) is 5.66. The molecule has 0 bridgehead atoms. The Kier molecular flexibility index (Phi) is 5.88. The van der Waals surface area contributed by atoms with E-state index in [1.165, 1.54) is 4.90 Å². The zero-order valence-corrected chi connectivity index (χ0v) is 15.4. The van der Waals surface area contributed by atoms with Gasteiger partial charge in [-0.05, 0) is 61.8 Å². The molecule has 1 heterocycles. The second-order valence-electron chi connectivity index (χ2n) is 5.01. The van der Waals surface area contributed by atoms with Crippen LogP contribution in [-0.2, 0) is 14.8 Å². The van der Waals surface area contributed by atoms with E-state index in [9.17, 15) is 13.2 Å². The lowest BCUT2D eigenvalue weighted by molar-refractivity contribution is -0.118. The molecule has 6 nitrogen and oxygen atoms in total. The minimum absolute atomic E-state index is 0.00445. The normalized spacial score (nSPS) is 18.2. The number of thioether (sulfide) groups is 1. The summed E-state index contributed by atoms with van der Waals surface area (Å²) in [4.78, 5) is 13.9. The van der Waals surface area contributed by atoms with Gasteiger partial charge in [0.25, 0.3) is 5.91 Å². The fraction of sp³-hybridized carbons (Fsp3) is 0.429. The molecule has 1 aliphatic rings. The van der Waals surface area contributed by atoms with Gasteiger partial charge in [-0.2, -0.15) is 11.8 Å². The van der Waals surface area contributed by atoms with Gasteiger partial charge in [-0.25, -0.2) is 8.42 Å². The van der Waals surface area contributed by atoms with E-state index in [2.05, 4.69) is 10.0 Å². The molecule has 1 amide bonds. The summed E-state index contributed by atoms with van der Waals surface area (Å²) in [6.45, 7) is 1.57. The van der Waals surface area contributed by atoms with Crippen molar-refractivity contribution >= 4 is 56.4 Å². The van der Waals surface area contributed by atoms with Crippen molar-refractivity contribution in [3.8, 4) is 0 Å². The van der Waals surface area contributed by atoms with Gasteiger partial charge < -0.3 is 5.32 Å². The molecule has 0 radical (unpaired) electrons. The molecular weight excluding hydrogens is 354 g/mol. The van der Waals surface area contributed by atoms with Crippen LogP contribution < -0.4 is 14.9 Å². The average molecular weight is 374 g/mol. The van der Waals surface area contributed by atoms with Crippen LogP contribution in [0, 0.1) is 0 Å². The maximum absolute atomic E-state index is 12.4. The number of sulfonamides is 1. The summed E-state index contributed by atoms with van der Waals surface area (Å²) in [7, 11) is -3.32. The molecule has 126 valence electrons. The highest BCUT2D eigenvalue weighted by Crippen LogP contribution is 2.23. The number of nitrogens with one attached hydrogen (secondary N) is 2. The number of hydrogen-bond donors (Lipinski definition) is 2. The number of rotatable bonds is 7. The monoisotopic (exact) mass is 373 g/mol. The van der Waals surface area contributed by atoms with Gasteiger partial charge in [-0.15, -0.1) is 0 Å². The van der Waals surface area contributed by atoms with Crippen molar-refractivity contribution in [2.24, 2.45) is 0 Å². The summed E-state index contributed by atoms with van der Waals surface area (Å²) in [5.74, 6) is 0.799. The summed E-state index contributed by atoms with van der Waals surface area (Å²) in [6.07, 6.45) is 2.70. The van der Waals surface area contributed by atoms with E-state index in [1.807, 2.05) is 6.26 Å². The van der Waals surface area contributed by atoms with Gasteiger partial charge in [0.2, 0.25) is 10.0 Å². The van der Waals surface area contributed by atoms with Gasteiger partial charge in [-0.1, -0.05) is 0 Å². The molecule has 1 aromatic rings. The third-order valence-electron chi connectivity index (χ3n) is 3.41. The van der Waals surface area contributed by atoms with E-state index in [1.54, 1.807) is 43.0 Å². The van der Waals surface area contributed by atoms with Crippen molar-refractivity contribution in [2.45, 2.75) is 19.4 Å². The first-order valence-electron chi connectivity index (χ1n) is 7.12. The Morgan fingerprint density at radius 3 is 2.57 bits per heavy atom. The summed E-state index contributed by atoms with van der Waals surface area (Å²) in [5.41, 5.74) is 1.08. The van der Waals surface area contributed by atoms with E-state index in [0.29, 0.717) is 22.9 Å². The van der Waals surface area contributed by atoms with Crippen LogP contribution in [0.2, 0.25) is 0 Å². The molecule has 1 fully saturated rings. The minimum atomic E-state index is -3.32. The van der Waals surface area contributed by atoms with E-state index < -0.39 is 10.0 Å². The van der Waals surface area contributed by atoms with E-state index >= 15 is 0 Å². The Morgan fingerprint density at radius 1 is 1.35 bits per heavy atom. The SMILES string of the molecule is CCS(=O)(=O)Nc1ccc(N2C(=O)[C@@H](CCSC)NC2=S)cc1. The molecule has 2 rings (SSSR count). The standard InChI is InChI=1S/C14H19N3O3S3/c1-3-23(19,20)16-10-4-6-11(7-5-10)17-13(18)12(8-9-22-2)15-14(17)21/h4-7,12,16H,3,8-9H2,1-2H3,(H,15,21)/t12-/m1/s1. The molecule has 1 aliphatic heterocycles. The molecule has 0 aromatic heterocycles. The number of carbonyl (C=O) groups excluding carboxylic acids is 1. The van der Waals surface area contributed by atoms with Gasteiger partial charge in [0.05, 0.1) is 11.4 Å². The number of nitrogens with zero attached hydrogens (tertiary/aromatic N) is 1. The number of benzene rings is 1. The van der Waals surface area contributed by atoms with Crippen LogP contribution in [0.5, 0.6) is 0 Å². The number of amides is 1. The predicted molar refractivity (Wildman–Crippen MR) is 99.5 cm³/mol. The zero-order valence-electron chi connectivity index (χ0n) is 12.9. The van der Waals surface area contributed by atoms with Crippen LogP contribution in [0.1, 0.15) is 13.3 Å². The number of anilines is 2. The number of hydrogen-bond acceptors (Lipinski definition) is 5. The van der Waals surface area contributed by atoms with Crippen molar-refractivity contribution in [1.82, 2.24) is 5.32 Å². The van der Waals surface area contributed by atoms with Crippen molar-refractivity contribution in [2.75, 3.05) is 27.4 Å². The van der Waals surface area contributed by atoms with Crippen LogP contribution in [0.4, 0.5) is 11.4 Å². The van der Waals surface area contributed by atoms with Crippen LogP contribution in [0.25, 0.3) is 0 Å². The second kappa shape index (κ2) is 7.50. The van der Waals surface area contributed by atoms with Crippen LogP contribution in [-0.4, -0.2) is 43.2 Å². The third kappa shape index (κ3) is 4.36. The molecule has 1 aromatic carbocycles. The summed E-state index contributed by atoms with van der Waals surface area (Å²) in [6, 6.07) is 6.29. The molecule has 1 atom stereocenters. The Morgan fingerprint density at radius 2 is 2.00 bits per heavy atom. The number of carbonyl (C=O) groups is 1. The highest BCUT2D eigenvalue weighted by molar-refractivity contribution is 7.98. The van der Waals surface area contributed by atoms with Gasteiger partial charge in [-0.3, -0.25) is 14.4 Å². The van der Waals surface area contributed by atoms with Gasteiger partial charge in [0.15, 0.2) is 5.11 Å². The zero-order chi connectivity index (χ0) is 17.0. The Hall–Kier alpha value is -1.32. The molecule has 9 heteroatoms. The molecule has 0 unspecified atom stereocenters. The van der Waals surface area contributed by atoms with Gasteiger partial charge in [0.1, 0.15) is 6.04 Å². The quantitative estimate of drug-likeness (QED) is 0.710. The Balaban J connectivity index is 2.13. The molecule has 2 N–H and O–H groups in total. The lowest BCUT2D eigenvalue weighted by atomic mass is 10.2. The van der Waals surface area contributed by atoms with E-state index in [4.69, 9.17) is 12.2 Å². The number of thiocarbonyl (C=S) groups is 1. The van der Waals surface area contributed by atoms with Crippen molar-refractivity contribution in [3.63, 3.8) is 0 Å². The first kappa shape index (κ1) is 18.0. The average Bonchev–Trinajstić information content (AvgIpc) is 2.80. The smallest absolute Gasteiger partial charge is 0.255 e. The molecule has 1 saturated heterocycles. The maximum Gasteiger partial charge on any atom is 0.255 e. The topological polar surface area (TPSA) is 78.5 Å². The highest BCUT2D eigenvalue weighted by atomic mass is 32.2. The second-order valence-corrected chi connectivity index (χ2v) is 8.39. The summed E-state index contributed by atoms with van der Waals surface area (Å²) in [5, 5.41) is 3.41. The molecule has 0 spiro atoms. The van der Waals surface area contributed by atoms with E-state index in [0.717, 1.165) is 5.75 Å². The van der Waals surface area contributed by atoms with Crippen molar-refractivity contribution in [3.05, 3.63) is 24.3 Å². The Bertz CT molecular complexity index is 689. The first-order chi connectivity index (χ1) is 10.9. The molecular formula is C14H19N3O3S3. The minimum Gasteiger partial charge on any atom is -0.350 e. The van der Waals surface area contributed by atoms with Crippen molar-refractivity contribution < 1.29 is 13.2 Å². The van der Waals surface area contributed by atoms with Crippen LogP contribution >= 0.6 is 24.0 Å². The largest absolute Gasteiger partial charge is 0.350 e. The van der Waals surface area contributed by atoms with E-state index in [-0.39, 0.29) is 17.7 Å². The summed E-state index contributed by atoms with van der Waals surface area (Å²) >= 11 is 6.92. The fourth-order valence-electron chi connectivity index (χ4n) is 2.14. The lowest BCUT2D eigenvalue weighted by Gasteiger charge is -2.15. The Labute approximate surface area is 146 Å². The first-order valence-corrected chi connectivity index (χ1v) is 10.6. The summed E-state index contributed by atoms with van der Waals surface area (Å²) < 4.78 is 25.6. The van der Waals surface area contributed by atoms with Crippen molar-refractivity contribution in [1.29, 1.82) is 0 Å². The van der Waals surface area contributed by atoms with Gasteiger partial charge >= 0.3 is 0 Å². The molecule has 0 aliphatic carbocycles.